The maximum Gasteiger partial charge on any atom is 0.0935 e. The van der Waals surface area contributed by atoms with Gasteiger partial charge in [0, 0.05) is 10.4 Å². The Kier molecular flexibility index (Phi) is 5.11. The summed E-state index contributed by atoms with van der Waals surface area (Å²) in [7, 11) is 0. The van der Waals surface area contributed by atoms with Crippen LogP contribution < -0.4 is 5.73 Å². The smallest absolute Gasteiger partial charge is 0.0935 e. The molecule has 2 rings (SSSR count). The van der Waals surface area contributed by atoms with Crippen molar-refractivity contribution >= 4 is 11.3 Å². The van der Waals surface area contributed by atoms with Crippen LogP contribution in [-0.4, -0.2) is 11.5 Å². The summed E-state index contributed by atoms with van der Waals surface area (Å²) in [5, 5.41) is 1.25. The second-order valence-corrected chi connectivity index (χ2v) is 6.38. The minimum absolute atomic E-state index is 0.686. The van der Waals surface area contributed by atoms with E-state index in [4.69, 9.17) is 10.7 Å². The van der Waals surface area contributed by atoms with Gasteiger partial charge in [0.15, 0.2) is 0 Å². The fourth-order valence-corrected chi connectivity index (χ4v) is 3.16. The molecule has 0 radical (unpaired) electrons. The number of nitrogens with zero attached hydrogens (tertiary/aromatic N) is 1. The molecule has 0 saturated carbocycles. The topological polar surface area (TPSA) is 38.9 Å². The first-order chi connectivity index (χ1) is 9.20. The summed E-state index contributed by atoms with van der Waals surface area (Å²) in [6, 6.07) is 10.4. The minimum atomic E-state index is 0.686. The molecule has 0 unspecified atom stereocenters. The highest BCUT2D eigenvalue weighted by Gasteiger charge is 2.12. The molecule has 19 heavy (non-hydrogen) atoms. The van der Waals surface area contributed by atoms with Crippen LogP contribution in [0.5, 0.6) is 0 Å². The van der Waals surface area contributed by atoms with Crippen LogP contribution in [0.3, 0.4) is 0 Å². The van der Waals surface area contributed by atoms with E-state index in [1.165, 1.54) is 21.9 Å². The molecule has 0 spiro atoms. The van der Waals surface area contributed by atoms with E-state index in [9.17, 15) is 0 Å². The number of hydrogen-bond donors (Lipinski definition) is 1. The van der Waals surface area contributed by atoms with E-state index in [2.05, 4.69) is 38.1 Å². The van der Waals surface area contributed by atoms with E-state index in [-0.39, 0.29) is 0 Å². The monoisotopic (exact) mass is 274 g/mol. The molecule has 2 N–H and O–H groups in total. The first kappa shape index (κ1) is 14.2. The summed E-state index contributed by atoms with van der Waals surface area (Å²) in [6.07, 6.45) is 3.19. The number of benzene rings is 1. The lowest BCUT2D eigenvalue weighted by atomic mass is 10.1. The van der Waals surface area contributed by atoms with Crippen LogP contribution >= 0.6 is 11.3 Å². The predicted molar refractivity (Wildman–Crippen MR) is 83.5 cm³/mol. The van der Waals surface area contributed by atoms with Gasteiger partial charge >= 0.3 is 0 Å². The van der Waals surface area contributed by atoms with E-state index >= 15 is 0 Å². The van der Waals surface area contributed by atoms with Crippen LogP contribution in [-0.2, 0) is 12.8 Å². The molecule has 0 bridgehead atoms. The number of aryl methyl sites for hydroxylation is 1. The van der Waals surface area contributed by atoms with E-state index in [1.807, 2.05) is 17.4 Å². The van der Waals surface area contributed by atoms with Crippen LogP contribution in [0, 0.1) is 5.92 Å². The zero-order valence-corrected chi connectivity index (χ0v) is 12.5. The molecule has 0 aliphatic carbocycles. The second kappa shape index (κ2) is 6.83. The lowest BCUT2D eigenvalue weighted by Crippen LogP contribution is -2.02. The highest BCUT2D eigenvalue weighted by Crippen LogP contribution is 2.29. The molecule has 2 aromatic rings. The van der Waals surface area contributed by atoms with Crippen molar-refractivity contribution in [3.05, 3.63) is 40.2 Å². The second-order valence-electron chi connectivity index (χ2n) is 5.22. The number of aromatic nitrogens is 1. The van der Waals surface area contributed by atoms with Crippen molar-refractivity contribution in [2.75, 3.05) is 6.54 Å². The third-order valence-electron chi connectivity index (χ3n) is 3.10. The molecule has 1 heterocycles. The average molecular weight is 274 g/mol. The molecule has 1 aromatic heterocycles. The Labute approximate surface area is 119 Å². The molecule has 0 fully saturated rings. The predicted octanol–water partition coefficient (Wildman–Crippen LogP) is 3.90. The van der Waals surface area contributed by atoms with Gasteiger partial charge in [0.05, 0.1) is 10.7 Å². The average Bonchev–Trinajstić information content (AvgIpc) is 2.81. The number of thiazole rings is 1. The van der Waals surface area contributed by atoms with E-state index in [1.54, 1.807) is 0 Å². The fraction of sp³-hybridized carbons (Fsp3) is 0.438. The maximum absolute atomic E-state index is 5.72. The van der Waals surface area contributed by atoms with Crippen molar-refractivity contribution in [3.8, 4) is 11.3 Å². The molecular formula is C16H22N2S. The van der Waals surface area contributed by atoms with Crippen molar-refractivity contribution in [1.82, 2.24) is 4.98 Å². The zero-order valence-electron chi connectivity index (χ0n) is 11.7. The normalized spacial score (nSPS) is 11.2. The molecule has 0 saturated heterocycles. The summed E-state index contributed by atoms with van der Waals surface area (Å²) in [5.41, 5.74) is 8.06. The van der Waals surface area contributed by atoms with Crippen molar-refractivity contribution in [1.29, 1.82) is 0 Å². The number of rotatable bonds is 6. The van der Waals surface area contributed by atoms with Gasteiger partial charge < -0.3 is 5.73 Å². The third-order valence-corrected chi connectivity index (χ3v) is 4.27. The quantitative estimate of drug-likeness (QED) is 0.867. The Balaban J connectivity index is 2.25. The van der Waals surface area contributed by atoms with Gasteiger partial charge in [0.1, 0.15) is 0 Å². The Morgan fingerprint density at radius 3 is 2.53 bits per heavy atom. The highest BCUT2D eigenvalue weighted by molar-refractivity contribution is 7.12. The Morgan fingerprint density at radius 2 is 1.89 bits per heavy atom. The van der Waals surface area contributed by atoms with Crippen LogP contribution in [0.2, 0.25) is 0 Å². The van der Waals surface area contributed by atoms with Gasteiger partial charge in [0.25, 0.3) is 0 Å². The molecule has 102 valence electrons. The van der Waals surface area contributed by atoms with Gasteiger partial charge in [-0.1, -0.05) is 44.2 Å². The fourth-order valence-electron chi connectivity index (χ4n) is 2.04. The van der Waals surface area contributed by atoms with Gasteiger partial charge in [-0.25, -0.2) is 4.98 Å². The molecular weight excluding hydrogens is 252 g/mol. The summed E-state index contributed by atoms with van der Waals surface area (Å²) in [6.45, 7) is 5.20. The summed E-state index contributed by atoms with van der Waals surface area (Å²) < 4.78 is 0. The Bertz CT molecular complexity index is 503. The van der Waals surface area contributed by atoms with Crippen molar-refractivity contribution < 1.29 is 0 Å². The van der Waals surface area contributed by atoms with Crippen LogP contribution in [0.4, 0.5) is 0 Å². The lowest BCUT2D eigenvalue weighted by Gasteiger charge is -2.00. The van der Waals surface area contributed by atoms with E-state index in [0.717, 1.165) is 24.5 Å². The lowest BCUT2D eigenvalue weighted by molar-refractivity contribution is 0.585. The standard InChI is InChI=1S/C16H22N2S/c1-12(2)8-9-15-18-16(14(19-15)10-11-17)13-6-4-3-5-7-13/h3-7,12H,8-11,17H2,1-2H3. The van der Waals surface area contributed by atoms with E-state index in [0.29, 0.717) is 6.54 Å². The summed E-state index contributed by atoms with van der Waals surface area (Å²) in [4.78, 5) is 6.16. The minimum Gasteiger partial charge on any atom is -0.330 e. The van der Waals surface area contributed by atoms with Crippen molar-refractivity contribution in [3.63, 3.8) is 0 Å². The largest absolute Gasteiger partial charge is 0.330 e. The van der Waals surface area contributed by atoms with Gasteiger partial charge in [-0.3, -0.25) is 0 Å². The Hall–Kier alpha value is -1.19. The van der Waals surface area contributed by atoms with Gasteiger partial charge in [-0.2, -0.15) is 0 Å². The molecule has 2 nitrogen and oxygen atoms in total. The SMILES string of the molecule is CC(C)CCc1nc(-c2ccccc2)c(CCN)s1. The molecule has 0 aliphatic heterocycles. The van der Waals surface area contributed by atoms with Crippen LogP contribution in [0.25, 0.3) is 11.3 Å². The van der Waals surface area contributed by atoms with Crippen molar-refractivity contribution in [2.45, 2.75) is 33.1 Å². The molecule has 1 aromatic carbocycles. The van der Waals surface area contributed by atoms with Gasteiger partial charge in [-0.05, 0) is 31.7 Å². The molecule has 0 amide bonds. The first-order valence-electron chi connectivity index (χ1n) is 6.94. The van der Waals surface area contributed by atoms with Crippen LogP contribution in [0.1, 0.15) is 30.2 Å². The summed E-state index contributed by atoms with van der Waals surface area (Å²) in [5.74, 6) is 0.724. The molecule has 0 aliphatic rings. The third kappa shape index (κ3) is 3.88. The van der Waals surface area contributed by atoms with E-state index < -0.39 is 0 Å². The molecule has 3 heteroatoms. The number of hydrogen-bond acceptors (Lipinski definition) is 3. The van der Waals surface area contributed by atoms with Gasteiger partial charge in [-0.15, -0.1) is 11.3 Å². The zero-order chi connectivity index (χ0) is 13.7. The number of nitrogens with two attached hydrogens (primary N) is 1. The van der Waals surface area contributed by atoms with Crippen LogP contribution in [0.15, 0.2) is 30.3 Å². The highest BCUT2D eigenvalue weighted by atomic mass is 32.1. The van der Waals surface area contributed by atoms with Crippen molar-refractivity contribution in [2.24, 2.45) is 11.7 Å². The Morgan fingerprint density at radius 1 is 1.16 bits per heavy atom. The maximum atomic E-state index is 5.72. The first-order valence-corrected chi connectivity index (χ1v) is 7.76. The molecule has 0 atom stereocenters. The van der Waals surface area contributed by atoms with Gasteiger partial charge in [0.2, 0.25) is 0 Å². The summed E-state index contributed by atoms with van der Waals surface area (Å²) >= 11 is 1.83.